The Morgan fingerprint density at radius 1 is 1.32 bits per heavy atom. The minimum atomic E-state index is 0.0129. The minimum absolute atomic E-state index is 0.0129. The van der Waals surface area contributed by atoms with Gasteiger partial charge < -0.3 is 10.2 Å². The maximum atomic E-state index is 12.7. The molecule has 130 valence electrons. The van der Waals surface area contributed by atoms with Gasteiger partial charge in [-0.1, -0.05) is 23.8 Å². The third kappa shape index (κ3) is 3.21. The predicted octanol–water partition coefficient (Wildman–Crippen LogP) is 3.23. The Kier molecular flexibility index (Phi) is 4.12. The number of amides is 2. The molecule has 25 heavy (non-hydrogen) atoms. The highest BCUT2D eigenvalue weighted by Crippen LogP contribution is 2.58. The summed E-state index contributed by atoms with van der Waals surface area (Å²) in [6, 6.07) is 11.8. The first-order valence-electron chi connectivity index (χ1n) is 8.73. The molecule has 4 rings (SSSR count). The summed E-state index contributed by atoms with van der Waals surface area (Å²) in [6.45, 7) is 4.06. The van der Waals surface area contributed by atoms with Gasteiger partial charge in [-0.3, -0.25) is 9.59 Å². The van der Waals surface area contributed by atoms with E-state index in [9.17, 15) is 9.59 Å². The fourth-order valence-corrected chi connectivity index (χ4v) is 4.55. The van der Waals surface area contributed by atoms with Crippen LogP contribution >= 0.6 is 11.3 Å². The van der Waals surface area contributed by atoms with Gasteiger partial charge in [0.15, 0.2) is 0 Å². The average molecular weight is 354 g/mol. The summed E-state index contributed by atoms with van der Waals surface area (Å²) in [7, 11) is 0. The molecule has 1 spiro atoms. The number of likely N-dealkylation sites (tertiary alicyclic amines) is 1. The third-order valence-corrected chi connectivity index (χ3v) is 6.34. The van der Waals surface area contributed by atoms with Gasteiger partial charge in [-0.05, 0) is 43.3 Å². The van der Waals surface area contributed by atoms with E-state index in [1.54, 1.807) is 11.3 Å². The van der Waals surface area contributed by atoms with Gasteiger partial charge in [-0.25, -0.2) is 0 Å². The van der Waals surface area contributed by atoms with Crippen molar-refractivity contribution < 1.29 is 9.59 Å². The van der Waals surface area contributed by atoms with E-state index in [2.05, 4.69) is 5.32 Å². The zero-order valence-electron chi connectivity index (χ0n) is 14.3. The number of aryl methyl sites for hydroxylation is 1. The summed E-state index contributed by atoms with van der Waals surface area (Å²) in [5, 5.41) is 5.07. The van der Waals surface area contributed by atoms with Gasteiger partial charge in [0.2, 0.25) is 5.91 Å². The Morgan fingerprint density at radius 2 is 2.20 bits per heavy atom. The molecule has 1 aliphatic heterocycles. The maximum Gasteiger partial charge on any atom is 0.253 e. The van der Waals surface area contributed by atoms with Crippen molar-refractivity contribution in [1.82, 2.24) is 10.2 Å². The summed E-state index contributed by atoms with van der Waals surface area (Å²) >= 11 is 1.66. The highest BCUT2D eigenvalue weighted by Gasteiger charge is 2.61. The largest absolute Gasteiger partial charge is 0.351 e. The summed E-state index contributed by atoms with van der Waals surface area (Å²) in [4.78, 5) is 28.2. The zero-order chi connectivity index (χ0) is 17.4. The van der Waals surface area contributed by atoms with Crippen LogP contribution in [0.5, 0.6) is 0 Å². The predicted molar refractivity (Wildman–Crippen MR) is 98.4 cm³/mol. The molecule has 2 aromatic rings. The topological polar surface area (TPSA) is 49.4 Å². The van der Waals surface area contributed by atoms with Crippen molar-refractivity contribution in [2.45, 2.75) is 26.3 Å². The molecule has 2 atom stereocenters. The zero-order valence-corrected chi connectivity index (χ0v) is 15.1. The van der Waals surface area contributed by atoms with Crippen LogP contribution < -0.4 is 5.32 Å². The van der Waals surface area contributed by atoms with Crippen LogP contribution in [0, 0.1) is 18.3 Å². The van der Waals surface area contributed by atoms with Crippen molar-refractivity contribution in [1.29, 1.82) is 0 Å². The molecular weight excluding hydrogens is 332 g/mol. The van der Waals surface area contributed by atoms with E-state index in [0.29, 0.717) is 13.1 Å². The number of hydrogen-bond donors (Lipinski definition) is 1. The van der Waals surface area contributed by atoms with Gasteiger partial charge in [-0.2, -0.15) is 0 Å². The second kappa shape index (κ2) is 6.30. The number of hydrogen-bond acceptors (Lipinski definition) is 3. The average Bonchev–Trinajstić information content (AvgIpc) is 2.95. The Hall–Kier alpha value is -2.14. The summed E-state index contributed by atoms with van der Waals surface area (Å²) in [5.74, 6) is 0.284. The lowest BCUT2D eigenvalue weighted by Crippen LogP contribution is -2.31. The molecule has 1 aliphatic carbocycles. The Balaban J connectivity index is 1.35. The van der Waals surface area contributed by atoms with Gasteiger partial charge in [0.1, 0.15) is 0 Å². The number of carbonyl (C=O) groups is 2. The lowest BCUT2D eigenvalue weighted by atomic mass is 10.0. The molecule has 1 saturated heterocycles. The summed E-state index contributed by atoms with van der Waals surface area (Å²) < 4.78 is 0. The first kappa shape index (κ1) is 16.3. The van der Waals surface area contributed by atoms with Crippen LogP contribution in [-0.4, -0.2) is 29.8 Å². The van der Waals surface area contributed by atoms with Crippen LogP contribution in [0.4, 0.5) is 0 Å². The van der Waals surface area contributed by atoms with Crippen LogP contribution in [0.1, 0.15) is 33.6 Å². The molecule has 1 saturated carbocycles. The molecule has 2 heterocycles. The lowest BCUT2D eigenvalue weighted by molar-refractivity contribution is -0.123. The minimum Gasteiger partial charge on any atom is -0.351 e. The quantitative estimate of drug-likeness (QED) is 0.916. The fourth-order valence-electron chi connectivity index (χ4n) is 3.91. The highest BCUT2D eigenvalue weighted by atomic mass is 32.1. The Bertz CT molecular complexity index is 802. The molecule has 0 bridgehead atoms. The van der Waals surface area contributed by atoms with Crippen molar-refractivity contribution in [3.8, 4) is 0 Å². The highest BCUT2D eigenvalue weighted by molar-refractivity contribution is 7.09. The SMILES string of the molecule is Cc1cccc(C(=O)N2CC[C@]3(C[C@H]3C(=O)NCc3cccs3)C2)c1. The third-order valence-electron chi connectivity index (χ3n) is 5.46. The normalized spacial score (nSPS) is 24.5. The maximum absolute atomic E-state index is 12.7. The Morgan fingerprint density at radius 3 is 2.96 bits per heavy atom. The number of thiophene rings is 1. The molecule has 2 amide bonds. The standard InChI is InChI=1S/C20H22N2O2S/c1-14-4-2-5-15(10-14)19(24)22-8-7-20(13-22)11-17(20)18(23)21-12-16-6-3-9-25-16/h2-6,9-10,17H,7-8,11-13H2,1H3,(H,21,23)/t17-,20-/m0/s1. The molecule has 0 unspecified atom stereocenters. The second-order valence-corrected chi connectivity index (χ2v) is 8.29. The van der Waals surface area contributed by atoms with Gasteiger partial charge in [0, 0.05) is 34.9 Å². The van der Waals surface area contributed by atoms with E-state index in [0.717, 1.165) is 30.5 Å². The molecule has 5 heteroatoms. The molecular formula is C20H22N2O2S. The molecule has 0 radical (unpaired) electrons. The molecule has 1 aromatic carbocycles. The van der Waals surface area contributed by atoms with Gasteiger partial charge in [0.25, 0.3) is 5.91 Å². The van der Waals surface area contributed by atoms with Gasteiger partial charge >= 0.3 is 0 Å². The van der Waals surface area contributed by atoms with E-state index >= 15 is 0 Å². The van der Waals surface area contributed by atoms with Crippen molar-refractivity contribution in [3.63, 3.8) is 0 Å². The van der Waals surface area contributed by atoms with Crippen LogP contribution in [0.15, 0.2) is 41.8 Å². The lowest BCUT2D eigenvalue weighted by Gasteiger charge is -2.17. The van der Waals surface area contributed by atoms with E-state index in [1.807, 2.05) is 53.6 Å². The number of benzene rings is 1. The number of nitrogens with zero attached hydrogens (tertiary/aromatic N) is 1. The molecule has 2 fully saturated rings. The number of rotatable bonds is 4. The number of carbonyl (C=O) groups excluding carboxylic acids is 2. The Labute approximate surface area is 151 Å². The van der Waals surface area contributed by atoms with Crippen molar-refractivity contribution >= 4 is 23.2 Å². The van der Waals surface area contributed by atoms with Crippen LogP contribution in [-0.2, 0) is 11.3 Å². The monoisotopic (exact) mass is 354 g/mol. The molecule has 2 aliphatic rings. The van der Waals surface area contributed by atoms with E-state index in [4.69, 9.17) is 0 Å². The van der Waals surface area contributed by atoms with Crippen molar-refractivity contribution in [2.75, 3.05) is 13.1 Å². The second-order valence-electron chi connectivity index (χ2n) is 7.26. The molecule has 4 nitrogen and oxygen atoms in total. The summed E-state index contributed by atoms with van der Waals surface area (Å²) in [5.41, 5.74) is 1.85. The van der Waals surface area contributed by atoms with Crippen molar-refractivity contribution in [2.24, 2.45) is 11.3 Å². The van der Waals surface area contributed by atoms with Crippen LogP contribution in [0.25, 0.3) is 0 Å². The van der Waals surface area contributed by atoms with Crippen LogP contribution in [0.2, 0.25) is 0 Å². The van der Waals surface area contributed by atoms with Gasteiger partial charge in [0.05, 0.1) is 6.54 Å². The van der Waals surface area contributed by atoms with Crippen molar-refractivity contribution in [3.05, 3.63) is 57.8 Å². The smallest absolute Gasteiger partial charge is 0.253 e. The first-order valence-corrected chi connectivity index (χ1v) is 9.61. The van der Waals surface area contributed by atoms with E-state index in [1.165, 1.54) is 4.88 Å². The summed E-state index contributed by atoms with van der Waals surface area (Å²) in [6.07, 6.45) is 1.84. The fraction of sp³-hybridized carbons (Fsp3) is 0.400. The molecule has 1 aromatic heterocycles. The molecule has 1 N–H and O–H groups in total. The van der Waals surface area contributed by atoms with E-state index < -0.39 is 0 Å². The first-order chi connectivity index (χ1) is 12.1. The number of nitrogens with one attached hydrogen (secondary N) is 1. The van der Waals surface area contributed by atoms with Gasteiger partial charge in [-0.15, -0.1) is 11.3 Å². The van der Waals surface area contributed by atoms with E-state index in [-0.39, 0.29) is 23.1 Å². The van der Waals surface area contributed by atoms with Crippen LogP contribution in [0.3, 0.4) is 0 Å².